The van der Waals surface area contributed by atoms with Gasteiger partial charge in [-0.3, -0.25) is 0 Å². The fraction of sp³-hybridized carbons (Fsp3) is 0.182. The van der Waals surface area contributed by atoms with Gasteiger partial charge in [0, 0.05) is 17.0 Å². The molecule has 15 heavy (non-hydrogen) atoms. The second-order valence-corrected chi connectivity index (χ2v) is 4.55. The van der Waals surface area contributed by atoms with Gasteiger partial charge in [-0.1, -0.05) is 12.1 Å². The van der Waals surface area contributed by atoms with Crippen molar-refractivity contribution in [3.05, 3.63) is 34.2 Å². The van der Waals surface area contributed by atoms with Gasteiger partial charge in [0.05, 0.1) is 5.69 Å². The molecule has 0 bridgehead atoms. The summed E-state index contributed by atoms with van der Waals surface area (Å²) < 4.78 is 0. The number of nitrogens with zero attached hydrogens (tertiary/aromatic N) is 1. The van der Waals surface area contributed by atoms with Gasteiger partial charge < -0.3 is 10.8 Å². The van der Waals surface area contributed by atoms with Gasteiger partial charge in [0.2, 0.25) is 0 Å². The number of phenols is 1. The van der Waals surface area contributed by atoms with Crippen LogP contribution < -0.4 is 5.73 Å². The molecule has 3 nitrogen and oxygen atoms in total. The van der Waals surface area contributed by atoms with E-state index in [4.69, 9.17) is 5.73 Å². The van der Waals surface area contributed by atoms with E-state index in [1.54, 1.807) is 23.5 Å². The first-order valence-electron chi connectivity index (χ1n) is 4.66. The predicted molar refractivity (Wildman–Crippen MR) is 61.8 cm³/mol. The quantitative estimate of drug-likeness (QED) is 0.816. The molecule has 4 heteroatoms. The summed E-state index contributed by atoms with van der Waals surface area (Å²) in [5, 5.41) is 10.3. The summed E-state index contributed by atoms with van der Waals surface area (Å²) in [6.07, 6.45) is 0. The minimum absolute atomic E-state index is 0.259. The fourth-order valence-corrected chi connectivity index (χ4v) is 2.29. The molecule has 2 rings (SSSR count). The Kier molecular flexibility index (Phi) is 2.70. The second kappa shape index (κ2) is 4.00. The van der Waals surface area contributed by atoms with E-state index in [0.29, 0.717) is 6.54 Å². The lowest BCUT2D eigenvalue weighted by atomic mass is 10.1. The smallest absolute Gasteiger partial charge is 0.116 e. The van der Waals surface area contributed by atoms with E-state index >= 15 is 0 Å². The van der Waals surface area contributed by atoms with Crippen LogP contribution in [0.2, 0.25) is 0 Å². The van der Waals surface area contributed by atoms with Crippen LogP contribution in [-0.2, 0) is 6.54 Å². The summed E-state index contributed by atoms with van der Waals surface area (Å²) in [6.45, 7) is 2.47. The minimum Gasteiger partial charge on any atom is -0.508 e. The molecular weight excluding hydrogens is 208 g/mol. The Labute approximate surface area is 92.2 Å². The minimum atomic E-state index is 0.259. The zero-order valence-electron chi connectivity index (χ0n) is 8.40. The molecule has 0 saturated carbocycles. The van der Waals surface area contributed by atoms with Crippen LogP contribution in [0.5, 0.6) is 5.75 Å². The first kappa shape index (κ1) is 10.1. The molecule has 2 aromatic rings. The van der Waals surface area contributed by atoms with Crippen molar-refractivity contribution in [3.8, 4) is 17.0 Å². The van der Waals surface area contributed by atoms with E-state index in [-0.39, 0.29) is 5.75 Å². The zero-order valence-corrected chi connectivity index (χ0v) is 9.21. The van der Waals surface area contributed by atoms with E-state index in [9.17, 15) is 5.11 Å². The number of aromatic nitrogens is 1. The molecule has 3 N–H and O–H groups in total. The van der Waals surface area contributed by atoms with Gasteiger partial charge in [0.15, 0.2) is 0 Å². The summed E-state index contributed by atoms with van der Waals surface area (Å²) in [6, 6.07) is 7.10. The normalized spacial score (nSPS) is 10.5. The molecule has 1 aromatic heterocycles. The number of hydrogen-bond acceptors (Lipinski definition) is 4. The van der Waals surface area contributed by atoms with Gasteiger partial charge in [-0.05, 0) is 19.1 Å². The maximum Gasteiger partial charge on any atom is 0.116 e. The molecular formula is C11H12N2OS. The Balaban J connectivity index is 2.48. The van der Waals surface area contributed by atoms with E-state index in [2.05, 4.69) is 4.98 Å². The second-order valence-electron chi connectivity index (χ2n) is 3.27. The van der Waals surface area contributed by atoms with Crippen LogP contribution in [0.3, 0.4) is 0 Å². The first-order chi connectivity index (χ1) is 7.20. The van der Waals surface area contributed by atoms with Crippen molar-refractivity contribution in [2.75, 3.05) is 0 Å². The van der Waals surface area contributed by atoms with Gasteiger partial charge >= 0.3 is 0 Å². The molecule has 0 aliphatic carbocycles. The highest BCUT2D eigenvalue weighted by atomic mass is 32.1. The Morgan fingerprint density at radius 3 is 2.87 bits per heavy atom. The van der Waals surface area contributed by atoms with Crippen LogP contribution in [0, 0.1) is 6.92 Å². The third kappa shape index (κ3) is 2.00. The van der Waals surface area contributed by atoms with Crippen molar-refractivity contribution >= 4 is 11.3 Å². The van der Waals surface area contributed by atoms with E-state index in [1.807, 2.05) is 19.1 Å². The van der Waals surface area contributed by atoms with Crippen molar-refractivity contribution in [1.82, 2.24) is 4.98 Å². The van der Waals surface area contributed by atoms with Crippen LogP contribution >= 0.6 is 11.3 Å². The molecule has 1 heterocycles. The summed E-state index contributed by atoms with van der Waals surface area (Å²) >= 11 is 1.60. The first-order valence-corrected chi connectivity index (χ1v) is 5.48. The maximum atomic E-state index is 9.38. The third-order valence-electron chi connectivity index (χ3n) is 2.14. The van der Waals surface area contributed by atoms with Crippen LogP contribution in [0.15, 0.2) is 24.3 Å². The lowest BCUT2D eigenvalue weighted by Gasteiger charge is -1.98. The Bertz CT molecular complexity index is 479. The SMILES string of the molecule is Cc1sc(CN)nc1-c1cccc(O)c1. The number of aryl methyl sites for hydroxylation is 1. The summed E-state index contributed by atoms with van der Waals surface area (Å²) in [5.41, 5.74) is 7.39. The molecule has 0 fully saturated rings. The highest BCUT2D eigenvalue weighted by Crippen LogP contribution is 2.29. The van der Waals surface area contributed by atoms with Crippen LogP contribution in [-0.4, -0.2) is 10.1 Å². The maximum absolute atomic E-state index is 9.38. The number of thiazole rings is 1. The molecule has 0 unspecified atom stereocenters. The molecule has 0 atom stereocenters. The highest BCUT2D eigenvalue weighted by molar-refractivity contribution is 7.12. The zero-order chi connectivity index (χ0) is 10.8. The van der Waals surface area contributed by atoms with Crippen molar-refractivity contribution in [2.24, 2.45) is 5.73 Å². The summed E-state index contributed by atoms with van der Waals surface area (Å²) in [5.74, 6) is 0.259. The molecule has 0 amide bonds. The Hall–Kier alpha value is -1.39. The number of rotatable bonds is 2. The lowest BCUT2D eigenvalue weighted by molar-refractivity contribution is 0.475. The molecule has 0 aliphatic heterocycles. The molecule has 78 valence electrons. The van der Waals surface area contributed by atoms with Crippen LogP contribution in [0.25, 0.3) is 11.3 Å². The van der Waals surface area contributed by atoms with Crippen LogP contribution in [0.4, 0.5) is 0 Å². The fourth-order valence-electron chi connectivity index (χ4n) is 1.46. The third-order valence-corrected chi connectivity index (χ3v) is 3.13. The van der Waals surface area contributed by atoms with Crippen molar-refractivity contribution < 1.29 is 5.11 Å². The topological polar surface area (TPSA) is 59.1 Å². The molecule has 0 saturated heterocycles. The molecule has 0 aliphatic rings. The predicted octanol–water partition coefficient (Wildman–Crippen LogP) is 2.28. The number of benzene rings is 1. The monoisotopic (exact) mass is 220 g/mol. The van der Waals surface area contributed by atoms with Crippen molar-refractivity contribution in [3.63, 3.8) is 0 Å². The van der Waals surface area contributed by atoms with Gasteiger partial charge in [-0.15, -0.1) is 11.3 Å². The lowest BCUT2D eigenvalue weighted by Crippen LogP contribution is -1.94. The van der Waals surface area contributed by atoms with Crippen LogP contribution in [0.1, 0.15) is 9.88 Å². The van der Waals surface area contributed by atoms with E-state index in [0.717, 1.165) is 21.1 Å². The van der Waals surface area contributed by atoms with Crippen molar-refractivity contribution in [1.29, 1.82) is 0 Å². The van der Waals surface area contributed by atoms with Gasteiger partial charge in [0.1, 0.15) is 10.8 Å². The number of hydrogen-bond donors (Lipinski definition) is 2. The van der Waals surface area contributed by atoms with E-state index in [1.165, 1.54) is 0 Å². The van der Waals surface area contributed by atoms with Gasteiger partial charge in [-0.25, -0.2) is 4.98 Å². The van der Waals surface area contributed by atoms with Crippen molar-refractivity contribution in [2.45, 2.75) is 13.5 Å². The molecule has 0 spiro atoms. The summed E-state index contributed by atoms with van der Waals surface area (Å²) in [7, 11) is 0. The Morgan fingerprint density at radius 2 is 2.27 bits per heavy atom. The number of nitrogens with two attached hydrogens (primary N) is 1. The average molecular weight is 220 g/mol. The number of phenolic OH excluding ortho intramolecular Hbond substituents is 1. The molecule has 0 radical (unpaired) electrons. The van der Waals surface area contributed by atoms with E-state index < -0.39 is 0 Å². The summed E-state index contributed by atoms with van der Waals surface area (Å²) in [4.78, 5) is 5.55. The Morgan fingerprint density at radius 1 is 1.47 bits per heavy atom. The largest absolute Gasteiger partial charge is 0.508 e. The van der Waals surface area contributed by atoms with Gasteiger partial charge in [-0.2, -0.15) is 0 Å². The van der Waals surface area contributed by atoms with Gasteiger partial charge in [0.25, 0.3) is 0 Å². The molecule has 1 aromatic carbocycles. The highest BCUT2D eigenvalue weighted by Gasteiger charge is 2.08. The number of aromatic hydroxyl groups is 1. The average Bonchev–Trinajstić information content (AvgIpc) is 2.60. The standard InChI is InChI=1S/C11H12N2OS/c1-7-11(13-10(6-12)15-7)8-3-2-4-9(14)5-8/h2-5,14H,6,12H2,1H3.